The van der Waals surface area contributed by atoms with Crippen LogP contribution in [0.4, 0.5) is 0 Å². The van der Waals surface area contributed by atoms with Crippen LogP contribution in [0.3, 0.4) is 0 Å². The van der Waals surface area contributed by atoms with E-state index in [0.717, 1.165) is 71.4 Å². The lowest BCUT2D eigenvalue weighted by molar-refractivity contribution is 0.00939. The number of nitrogens with one attached hydrogen (secondary N) is 1. The van der Waals surface area contributed by atoms with Gasteiger partial charge in [-0.1, -0.05) is 6.07 Å². The lowest BCUT2D eigenvalue weighted by atomic mass is 9.59. The normalized spacial score (nSPS) is 53.5. The van der Waals surface area contributed by atoms with E-state index >= 15 is 0 Å². The standard InChI is InChI=1S/C19H21NO2/c1-2-13-14(22-7-21-13)3-8(1)6-20-19-16-10-5-11-15-9(10)4-12(16)17(15)18(11)19/h1-3,9-12,15-20H,4-7H2/t9?,10?,11?,12?,15?,16?,17?,18?,19-/m0/s1. The first kappa shape index (κ1) is 11.3. The summed E-state index contributed by atoms with van der Waals surface area (Å²) in [6.45, 7) is 1.36. The van der Waals surface area contributed by atoms with Gasteiger partial charge in [0.1, 0.15) is 0 Å². The van der Waals surface area contributed by atoms with E-state index in [9.17, 15) is 0 Å². The predicted octanol–water partition coefficient (Wildman–Crippen LogP) is 2.65. The smallest absolute Gasteiger partial charge is 0.231 e. The lowest BCUT2D eigenvalue weighted by Gasteiger charge is -2.48. The molecule has 1 heterocycles. The second kappa shape index (κ2) is 3.48. The number of ether oxygens (including phenoxy) is 2. The number of rotatable bonds is 3. The van der Waals surface area contributed by atoms with Gasteiger partial charge in [0, 0.05) is 12.6 Å². The maximum Gasteiger partial charge on any atom is 0.231 e. The van der Waals surface area contributed by atoms with Gasteiger partial charge in [-0.2, -0.15) is 0 Å². The molecule has 0 radical (unpaired) electrons. The quantitative estimate of drug-likeness (QED) is 0.930. The molecule has 9 atom stereocenters. The van der Waals surface area contributed by atoms with Crippen molar-refractivity contribution in [2.24, 2.45) is 47.3 Å². The summed E-state index contributed by atoms with van der Waals surface area (Å²) in [6, 6.07) is 7.21. The van der Waals surface area contributed by atoms with E-state index in [2.05, 4.69) is 23.5 Å². The number of fused-ring (bicyclic) bond motifs is 3. The summed E-state index contributed by atoms with van der Waals surface area (Å²) >= 11 is 0. The van der Waals surface area contributed by atoms with Crippen molar-refractivity contribution < 1.29 is 9.47 Å². The highest BCUT2D eigenvalue weighted by Crippen LogP contribution is 2.82. The zero-order valence-electron chi connectivity index (χ0n) is 12.6. The maximum atomic E-state index is 5.51. The molecular formula is C19H21NO2. The van der Waals surface area contributed by atoms with Gasteiger partial charge in [0.25, 0.3) is 0 Å². The van der Waals surface area contributed by atoms with Gasteiger partial charge in [-0.15, -0.1) is 0 Å². The molecule has 5 fully saturated rings. The van der Waals surface area contributed by atoms with E-state index in [1.165, 1.54) is 5.56 Å². The van der Waals surface area contributed by atoms with Crippen molar-refractivity contribution in [3.8, 4) is 11.5 Å². The molecule has 3 heteroatoms. The van der Waals surface area contributed by atoms with Crippen LogP contribution in [0.5, 0.6) is 11.5 Å². The van der Waals surface area contributed by atoms with Gasteiger partial charge in [-0.25, -0.2) is 0 Å². The second-order valence-corrected chi connectivity index (χ2v) is 8.53. The molecule has 0 saturated heterocycles. The Balaban J connectivity index is 1.15. The van der Waals surface area contributed by atoms with Gasteiger partial charge in [-0.3, -0.25) is 0 Å². The molecule has 5 aliphatic carbocycles. The summed E-state index contributed by atoms with van der Waals surface area (Å²) in [5, 5.41) is 3.97. The fourth-order valence-corrected chi connectivity index (χ4v) is 8.03. The molecule has 114 valence electrons. The summed E-state index contributed by atoms with van der Waals surface area (Å²) in [7, 11) is 0. The van der Waals surface area contributed by atoms with Crippen molar-refractivity contribution in [2.45, 2.75) is 25.4 Å². The fraction of sp³-hybridized carbons (Fsp3) is 0.684. The van der Waals surface area contributed by atoms with Crippen molar-refractivity contribution in [3.63, 3.8) is 0 Å². The third-order valence-corrected chi connectivity index (χ3v) is 8.30. The van der Waals surface area contributed by atoms with Gasteiger partial charge in [-0.05, 0) is 77.9 Å². The molecule has 1 aromatic carbocycles. The molecule has 1 N–H and O–H groups in total. The maximum absolute atomic E-state index is 5.51. The monoisotopic (exact) mass is 295 g/mol. The molecule has 2 bridgehead atoms. The van der Waals surface area contributed by atoms with Crippen molar-refractivity contribution >= 4 is 0 Å². The van der Waals surface area contributed by atoms with E-state index in [1.807, 2.05) is 0 Å². The summed E-state index contributed by atoms with van der Waals surface area (Å²) < 4.78 is 10.9. The highest BCUT2D eigenvalue weighted by molar-refractivity contribution is 5.44. The Morgan fingerprint density at radius 2 is 1.68 bits per heavy atom. The minimum absolute atomic E-state index is 0.370. The molecule has 8 unspecified atom stereocenters. The van der Waals surface area contributed by atoms with Crippen LogP contribution in [0.2, 0.25) is 0 Å². The summed E-state index contributed by atoms with van der Waals surface area (Å²) in [5.41, 5.74) is 1.34. The summed E-state index contributed by atoms with van der Waals surface area (Å²) in [4.78, 5) is 0. The first-order valence-electron chi connectivity index (χ1n) is 9.02. The third-order valence-electron chi connectivity index (χ3n) is 8.30. The highest BCUT2D eigenvalue weighted by atomic mass is 16.7. The van der Waals surface area contributed by atoms with Crippen LogP contribution in [0.25, 0.3) is 0 Å². The Kier molecular flexibility index (Phi) is 1.79. The molecular weight excluding hydrogens is 274 g/mol. The first-order valence-corrected chi connectivity index (χ1v) is 9.02. The van der Waals surface area contributed by atoms with E-state index in [0.29, 0.717) is 6.79 Å². The molecule has 1 aliphatic heterocycles. The molecule has 7 rings (SSSR count). The Bertz CT molecular complexity index is 682. The Morgan fingerprint density at radius 1 is 0.864 bits per heavy atom. The van der Waals surface area contributed by atoms with Crippen LogP contribution in [0.1, 0.15) is 18.4 Å². The zero-order valence-corrected chi connectivity index (χ0v) is 12.6. The second-order valence-electron chi connectivity index (χ2n) is 8.53. The first-order chi connectivity index (χ1) is 10.9. The largest absolute Gasteiger partial charge is 0.454 e. The van der Waals surface area contributed by atoms with Gasteiger partial charge in [0.2, 0.25) is 6.79 Å². The van der Waals surface area contributed by atoms with Crippen LogP contribution in [0.15, 0.2) is 18.2 Å². The zero-order chi connectivity index (χ0) is 14.0. The van der Waals surface area contributed by atoms with Crippen LogP contribution in [-0.4, -0.2) is 12.8 Å². The molecule has 1 aromatic rings. The average Bonchev–Trinajstić information content (AvgIpc) is 3.19. The van der Waals surface area contributed by atoms with Crippen molar-refractivity contribution in [3.05, 3.63) is 23.8 Å². The molecule has 5 saturated carbocycles. The Labute approximate surface area is 130 Å². The molecule has 0 amide bonds. The molecule has 0 spiro atoms. The predicted molar refractivity (Wildman–Crippen MR) is 80.3 cm³/mol. The van der Waals surface area contributed by atoms with Gasteiger partial charge in [0.05, 0.1) is 0 Å². The van der Waals surface area contributed by atoms with E-state index < -0.39 is 0 Å². The van der Waals surface area contributed by atoms with E-state index in [-0.39, 0.29) is 0 Å². The van der Waals surface area contributed by atoms with Gasteiger partial charge >= 0.3 is 0 Å². The molecule has 22 heavy (non-hydrogen) atoms. The molecule has 3 nitrogen and oxygen atoms in total. The number of hydrogen-bond donors (Lipinski definition) is 1. The van der Waals surface area contributed by atoms with Crippen LogP contribution < -0.4 is 14.8 Å². The number of hydrogen-bond acceptors (Lipinski definition) is 3. The topological polar surface area (TPSA) is 30.5 Å². The fourth-order valence-electron chi connectivity index (χ4n) is 8.03. The van der Waals surface area contributed by atoms with Gasteiger partial charge < -0.3 is 14.8 Å². The van der Waals surface area contributed by atoms with Crippen molar-refractivity contribution in [1.29, 1.82) is 0 Å². The summed E-state index contributed by atoms with van der Waals surface area (Å²) in [5.74, 6) is 10.5. The van der Waals surface area contributed by atoms with Crippen LogP contribution >= 0.6 is 0 Å². The van der Waals surface area contributed by atoms with E-state index in [4.69, 9.17) is 9.47 Å². The molecule has 6 aliphatic rings. The minimum Gasteiger partial charge on any atom is -0.454 e. The Morgan fingerprint density at radius 3 is 2.64 bits per heavy atom. The van der Waals surface area contributed by atoms with Crippen molar-refractivity contribution in [2.75, 3.05) is 6.79 Å². The van der Waals surface area contributed by atoms with E-state index in [1.54, 1.807) is 12.8 Å². The number of benzene rings is 1. The lowest BCUT2D eigenvalue weighted by Crippen LogP contribution is -2.51. The van der Waals surface area contributed by atoms with Crippen molar-refractivity contribution in [1.82, 2.24) is 5.32 Å². The SMILES string of the molecule is c1cc2c(cc1CN[C@H]1C3C4CC5C6C4CC3C6C51)OCO2. The molecule has 0 aromatic heterocycles. The third kappa shape index (κ3) is 1.06. The summed E-state index contributed by atoms with van der Waals surface area (Å²) in [6.07, 6.45) is 3.17. The average molecular weight is 295 g/mol. The minimum atomic E-state index is 0.370. The van der Waals surface area contributed by atoms with Gasteiger partial charge in [0.15, 0.2) is 11.5 Å². The van der Waals surface area contributed by atoms with Crippen LogP contribution in [-0.2, 0) is 6.54 Å². The highest BCUT2D eigenvalue weighted by Gasteiger charge is 2.80. The van der Waals surface area contributed by atoms with Crippen LogP contribution in [0, 0.1) is 47.3 Å². The Hall–Kier alpha value is -1.22.